The van der Waals surface area contributed by atoms with Crippen molar-refractivity contribution in [1.29, 1.82) is 0 Å². The van der Waals surface area contributed by atoms with Crippen LogP contribution in [0.15, 0.2) is 76.2 Å². The number of carbonyl (C=O) groups excluding carboxylic acids is 2. The van der Waals surface area contributed by atoms with Gasteiger partial charge in [0.25, 0.3) is 5.91 Å². The van der Waals surface area contributed by atoms with Crippen LogP contribution in [-0.2, 0) is 14.8 Å². The molecular formula is C21H19BrN4O4S. The Balaban J connectivity index is 1.57. The summed E-state index contributed by atoms with van der Waals surface area (Å²) in [7, 11) is -3.88. The van der Waals surface area contributed by atoms with Gasteiger partial charge in [0.1, 0.15) is 5.82 Å². The Kier molecular flexibility index (Phi) is 7.16. The molecule has 3 rings (SSSR count). The number of nitrogens with two attached hydrogens (primary N) is 1. The van der Waals surface area contributed by atoms with Gasteiger partial charge in [-0.2, -0.15) is 0 Å². The van der Waals surface area contributed by atoms with Crippen molar-refractivity contribution in [3.63, 3.8) is 0 Å². The maximum atomic E-state index is 12.3. The highest BCUT2D eigenvalue weighted by Crippen LogP contribution is 2.26. The smallest absolute Gasteiger partial charge is 0.251 e. The fourth-order valence-electron chi connectivity index (χ4n) is 2.80. The van der Waals surface area contributed by atoms with Crippen molar-refractivity contribution in [3.05, 3.63) is 76.9 Å². The zero-order valence-electron chi connectivity index (χ0n) is 16.2. The van der Waals surface area contributed by atoms with Crippen LogP contribution in [0.4, 0.5) is 5.82 Å². The zero-order chi connectivity index (χ0) is 22.4. The monoisotopic (exact) mass is 502 g/mol. The number of rotatable bonds is 7. The Morgan fingerprint density at radius 3 is 2.35 bits per heavy atom. The summed E-state index contributed by atoms with van der Waals surface area (Å²) in [6, 6.07) is 16.2. The van der Waals surface area contributed by atoms with Gasteiger partial charge in [-0.15, -0.1) is 0 Å². The van der Waals surface area contributed by atoms with Crippen molar-refractivity contribution in [2.75, 3.05) is 11.9 Å². The Hall–Kier alpha value is -3.08. The predicted molar refractivity (Wildman–Crippen MR) is 121 cm³/mol. The highest BCUT2D eigenvalue weighted by atomic mass is 79.9. The van der Waals surface area contributed by atoms with Crippen molar-refractivity contribution in [2.45, 2.75) is 11.3 Å². The topological polar surface area (TPSA) is 131 Å². The highest BCUT2D eigenvalue weighted by Gasteiger charge is 2.15. The normalized spacial score (nSPS) is 11.0. The van der Waals surface area contributed by atoms with Crippen LogP contribution in [0.5, 0.6) is 0 Å². The summed E-state index contributed by atoms with van der Waals surface area (Å²) >= 11 is 3.27. The van der Waals surface area contributed by atoms with Gasteiger partial charge in [0, 0.05) is 34.8 Å². The first-order valence-corrected chi connectivity index (χ1v) is 11.5. The maximum absolute atomic E-state index is 12.3. The lowest BCUT2D eigenvalue weighted by Gasteiger charge is -2.09. The SMILES string of the molecule is NS(=O)(=O)c1ccccc1-c1ccc(C(=O)NCCC(=O)Nc2ccc(Br)cn2)cc1. The first kappa shape index (κ1) is 22.6. The molecule has 2 aromatic carbocycles. The number of nitrogens with zero attached hydrogens (tertiary/aromatic N) is 1. The second-order valence-electron chi connectivity index (χ2n) is 6.53. The van der Waals surface area contributed by atoms with Gasteiger partial charge in [0.15, 0.2) is 0 Å². The molecule has 3 aromatic rings. The maximum Gasteiger partial charge on any atom is 0.251 e. The fourth-order valence-corrected chi connectivity index (χ4v) is 3.80. The number of halogens is 1. The number of primary sulfonamides is 1. The molecule has 0 atom stereocenters. The molecule has 0 aliphatic carbocycles. The minimum atomic E-state index is -3.88. The number of nitrogens with one attached hydrogen (secondary N) is 2. The minimum absolute atomic E-state index is 0.0125. The quantitative estimate of drug-likeness (QED) is 0.456. The first-order valence-electron chi connectivity index (χ1n) is 9.16. The third kappa shape index (κ3) is 6.20. The number of amides is 2. The Morgan fingerprint density at radius 1 is 1.00 bits per heavy atom. The molecule has 0 saturated heterocycles. The lowest BCUT2D eigenvalue weighted by atomic mass is 10.0. The van der Waals surface area contributed by atoms with Crippen molar-refractivity contribution in [2.24, 2.45) is 5.14 Å². The van der Waals surface area contributed by atoms with Crippen LogP contribution in [0.1, 0.15) is 16.8 Å². The van der Waals surface area contributed by atoms with Crippen LogP contribution in [-0.4, -0.2) is 31.8 Å². The summed E-state index contributed by atoms with van der Waals surface area (Å²) in [5, 5.41) is 10.6. The van der Waals surface area contributed by atoms with Gasteiger partial charge in [-0.1, -0.05) is 30.3 Å². The van der Waals surface area contributed by atoms with Crippen LogP contribution < -0.4 is 15.8 Å². The molecule has 0 bridgehead atoms. The lowest BCUT2D eigenvalue weighted by Crippen LogP contribution is -2.27. The third-order valence-corrected chi connectivity index (χ3v) is 5.72. The standard InChI is InChI=1S/C21H19BrN4O4S/c22-16-9-10-19(25-13-16)26-20(27)11-12-24-21(28)15-7-5-14(6-8-15)17-3-1-2-4-18(17)31(23,29)30/h1-10,13H,11-12H2,(H,24,28)(H2,23,29,30)(H,25,26,27). The van der Waals surface area contributed by atoms with Gasteiger partial charge in [-0.25, -0.2) is 18.5 Å². The summed E-state index contributed by atoms with van der Waals surface area (Å²) in [6.45, 7) is 0.150. The van der Waals surface area contributed by atoms with Gasteiger partial charge < -0.3 is 10.6 Å². The summed E-state index contributed by atoms with van der Waals surface area (Å²) < 4.78 is 24.4. The molecule has 1 aromatic heterocycles. The van der Waals surface area contributed by atoms with E-state index in [2.05, 4.69) is 31.5 Å². The molecule has 10 heteroatoms. The molecule has 31 heavy (non-hydrogen) atoms. The molecule has 0 spiro atoms. The van der Waals surface area contributed by atoms with E-state index >= 15 is 0 Å². The van der Waals surface area contributed by atoms with Crippen LogP contribution in [0.25, 0.3) is 11.1 Å². The van der Waals surface area contributed by atoms with E-state index in [1.807, 2.05) is 0 Å². The minimum Gasteiger partial charge on any atom is -0.352 e. The van der Waals surface area contributed by atoms with E-state index in [0.717, 1.165) is 4.47 Å². The molecule has 4 N–H and O–H groups in total. The summed E-state index contributed by atoms with van der Waals surface area (Å²) in [4.78, 5) is 28.3. The molecule has 1 heterocycles. The number of hydrogen-bond acceptors (Lipinski definition) is 5. The van der Waals surface area contributed by atoms with Gasteiger partial charge in [-0.05, 0) is 51.8 Å². The molecule has 0 aliphatic heterocycles. The van der Waals surface area contributed by atoms with Crippen molar-refractivity contribution in [1.82, 2.24) is 10.3 Å². The van der Waals surface area contributed by atoms with Crippen LogP contribution in [0.3, 0.4) is 0 Å². The van der Waals surface area contributed by atoms with Crippen LogP contribution >= 0.6 is 15.9 Å². The van der Waals surface area contributed by atoms with Gasteiger partial charge in [0.05, 0.1) is 4.90 Å². The molecular weight excluding hydrogens is 484 g/mol. The molecule has 2 amide bonds. The first-order chi connectivity index (χ1) is 14.7. The van der Waals surface area contributed by atoms with E-state index in [9.17, 15) is 18.0 Å². The van der Waals surface area contributed by atoms with Crippen molar-refractivity contribution >= 4 is 43.6 Å². The van der Waals surface area contributed by atoms with Crippen molar-refractivity contribution < 1.29 is 18.0 Å². The molecule has 0 fully saturated rings. The fraction of sp³-hybridized carbons (Fsp3) is 0.0952. The Labute approximate surface area is 188 Å². The molecule has 160 valence electrons. The highest BCUT2D eigenvalue weighted by molar-refractivity contribution is 9.10. The summed E-state index contributed by atoms with van der Waals surface area (Å²) in [5.41, 5.74) is 1.45. The van der Waals surface area contributed by atoms with E-state index in [0.29, 0.717) is 22.5 Å². The average Bonchev–Trinajstić information content (AvgIpc) is 2.75. The van der Waals surface area contributed by atoms with E-state index in [1.165, 1.54) is 6.07 Å². The second kappa shape index (κ2) is 9.82. The molecule has 0 saturated carbocycles. The molecule has 0 aliphatic rings. The summed E-state index contributed by atoms with van der Waals surface area (Å²) in [5.74, 6) is -0.194. The predicted octanol–water partition coefficient (Wildman–Crippen LogP) is 2.92. The van der Waals surface area contributed by atoms with E-state index in [4.69, 9.17) is 5.14 Å². The van der Waals surface area contributed by atoms with E-state index in [-0.39, 0.29) is 29.7 Å². The number of aromatic nitrogens is 1. The summed E-state index contributed by atoms with van der Waals surface area (Å²) in [6.07, 6.45) is 1.66. The number of anilines is 1. The third-order valence-electron chi connectivity index (χ3n) is 4.28. The second-order valence-corrected chi connectivity index (χ2v) is 8.98. The number of hydrogen-bond donors (Lipinski definition) is 3. The van der Waals surface area contributed by atoms with E-state index in [1.54, 1.807) is 60.8 Å². The Bertz CT molecular complexity index is 1200. The number of carbonyl (C=O) groups is 2. The largest absolute Gasteiger partial charge is 0.352 e. The van der Waals surface area contributed by atoms with Gasteiger partial charge in [-0.3, -0.25) is 9.59 Å². The lowest BCUT2D eigenvalue weighted by molar-refractivity contribution is -0.116. The number of sulfonamides is 1. The van der Waals surface area contributed by atoms with Crippen LogP contribution in [0.2, 0.25) is 0 Å². The average molecular weight is 503 g/mol. The number of pyridine rings is 1. The molecule has 8 nitrogen and oxygen atoms in total. The van der Waals surface area contributed by atoms with Crippen LogP contribution in [0, 0.1) is 0 Å². The zero-order valence-corrected chi connectivity index (χ0v) is 18.6. The van der Waals surface area contributed by atoms with Gasteiger partial charge >= 0.3 is 0 Å². The number of benzene rings is 2. The molecule has 0 radical (unpaired) electrons. The van der Waals surface area contributed by atoms with E-state index < -0.39 is 10.0 Å². The molecule has 0 unspecified atom stereocenters. The van der Waals surface area contributed by atoms with Gasteiger partial charge in [0.2, 0.25) is 15.9 Å². The Morgan fingerprint density at radius 2 is 1.71 bits per heavy atom. The van der Waals surface area contributed by atoms with Crippen molar-refractivity contribution in [3.8, 4) is 11.1 Å².